The fraction of sp³-hybridized carbons (Fsp3) is 0.176. The van der Waals surface area contributed by atoms with E-state index in [-0.39, 0.29) is 12.5 Å². The van der Waals surface area contributed by atoms with Gasteiger partial charge < -0.3 is 14.8 Å². The molecule has 0 aromatic heterocycles. The highest BCUT2D eigenvalue weighted by Gasteiger charge is 2.23. The van der Waals surface area contributed by atoms with Crippen LogP contribution in [0.5, 0.6) is 11.5 Å². The van der Waals surface area contributed by atoms with Crippen LogP contribution in [0.15, 0.2) is 42.5 Å². The number of nitriles is 1. The number of fused-ring (bicyclic) bond motifs is 1. The van der Waals surface area contributed by atoms with Crippen molar-refractivity contribution in [2.45, 2.75) is 0 Å². The summed E-state index contributed by atoms with van der Waals surface area (Å²) in [6.45, 7) is -0.358. The topological polar surface area (TPSA) is 109 Å². The van der Waals surface area contributed by atoms with Crippen molar-refractivity contribution in [1.82, 2.24) is 0 Å². The lowest BCUT2D eigenvalue weighted by atomic mass is 10.2. The molecule has 1 aliphatic rings. The number of carbonyl (C=O) groups is 1. The highest BCUT2D eigenvalue weighted by molar-refractivity contribution is 7.92. The van der Waals surface area contributed by atoms with Gasteiger partial charge in [-0.15, -0.1) is 0 Å². The number of ether oxygens (including phenoxy) is 2. The molecule has 26 heavy (non-hydrogen) atoms. The highest BCUT2D eigenvalue weighted by Crippen LogP contribution is 2.36. The lowest BCUT2D eigenvalue weighted by molar-refractivity contribution is -0.114. The minimum absolute atomic E-state index is 0.0629. The van der Waals surface area contributed by atoms with Gasteiger partial charge in [0.1, 0.15) is 6.54 Å². The Labute approximate surface area is 150 Å². The maximum atomic E-state index is 12.3. The standard InChI is InChI=1S/C17H15N3O5S/c1-26(22,23)20(14-5-6-15-16(8-14)25-11-24-15)10-17(21)19-13-4-2-3-12(7-13)9-18/h2-8H,10-11H2,1H3,(H,19,21). The Hall–Kier alpha value is -3.25. The van der Waals surface area contributed by atoms with Crippen LogP contribution < -0.4 is 19.1 Å². The number of nitrogens with zero attached hydrogens (tertiary/aromatic N) is 2. The molecule has 1 amide bonds. The van der Waals surface area contributed by atoms with E-state index in [9.17, 15) is 13.2 Å². The molecule has 8 nitrogen and oxygen atoms in total. The zero-order valence-electron chi connectivity index (χ0n) is 13.8. The molecule has 1 N–H and O–H groups in total. The fourth-order valence-corrected chi connectivity index (χ4v) is 3.29. The van der Waals surface area contributed by atoms with Crippen molar-refractivity contribution in [1.29, 1.82) is 5.26 Å². The number of sulfonamides is 1. The van der Waals surface area contributed by atoms with Crippen molar-refractivity contribution in [2.75, 3.05) is 29.2 Å². The van der Waals surface area contributed by atoms with Gasteiger partial charge in [-0.05, 0) is 30.3 Å². The second-order valence-corrected chi connectivity index (χ2v) is 7.45. The normalized spacial score (nSPS) is 12.3. The number of benzene rings is 2. The zero-order valence-corrected chi connectivity index (χ0v) is 14.6. The predicted octanol–water partition coefficient (Wildman–Crippen LogP) is 1.69. The van der Waals surface area contributed by atoms with Gasteiger partial charge in [0.15, 0.2) is 11.5 Å². The molecule has 0 atom stereocenters. The van der Waals surface area contributed by atoms with E-state index in [2.05, 4.69) is 5.32 Å². The molecule has 0 radical (unpaired) electrons. The molecule has 0 spiro atoms. The van der Waals surface area contributed by atoms with Gasteiger partial charge in [0.2, 0.25) is 22.7 Å². The maximum absolute atomic E-state index is 12.3. The van der Waals surface area contributed by atoms with E-state index in [4.69, 9.17) is 14.7 Å². The highest BCUT2D eigenvalue weighted by atomic mass is 32.2. The van der Waals surface area contributed by atoms with Crippen LogP contribution in [0.2, 0.25) is 0 Å². The SMILES string of the molecule is CS(=O)(=O)N(CC(=O)Nc1cccc(C#N)c1)c1ccc2c(c1)OCO2. The van der Waals surface area contributed by atoms with Crippen LogP contribution in [0.25, 0.3) is 0 Å². The lowest BCUT2D eigenvalue weighted by Crippen LogP contribution is -2.37. The summed E-state index contributed by atoms with van der Waals surface area (Å²) in [6.07, 6.45) is 1.02. The van der Waals surface area contributed by atoms with Crippen LogP contribution in [-0.2, 0) is 14.8 Å². The van der Waals surface area contributed by atoms with Crippen molar-refractivity contribution in [3.63, 3.8) is 0 Å². The zero-order chi connectivity index (χ0) is 18.7. The van der Waals surface area contributed by atoms with E-state index in [1.165, 1.54) is 18.2 Å². The van der Waals surface area contributed by atoms with E-state index >= 15 is 0 Å². The van der Waals surface area contributed by atoms with Crippen molar-refractivity contribution < 1.29 is 22.7 Å². The first-order valence-corrected chi connectivity index (χ1v) is 9.39. The monoisotopic (exact) mass is 373 g/mol. The van der Waals surface area contributed by atoms with Crippen LogP contribution >= 0.6 is 0 Å². The van der Waals surface area contributed by atoms with E-state index in [1.807, 2.05) is 6.07 Å². The number of carbonyl (C=O) groups excluding carboxylic acids is 1. The summed E-state index contributed by atoms with van der Waals surface area (Å²) >= 11 is 0. The molecule has 0 fully saturated rings. The van der Waals surface area contributed by atoms with Crippen molar-refractivity contribution in [2.24, 2.45) is 0 Å². The van der Waals surface area contributed by atoms with Gasteiger partial charge in [-0.25, -0.2) is 8.42 Å². The Morgan fingerprint density at radius 1 is 1.23 bits per heavy atom. The molecule has 0 saturated heterocycles. The summed E-state index contributed by atoms with van der Waals surface area (Å²) in [6, 6.07) is 13.0. The van der Waals surface area contributed by atoms with Crippen molar-refractivity contribution in [3.8, 4) is 17.6 Å². The van der Waals surface area contributed by atoms with Gasteiger partial charge in [0, 0.05) is 11.8 Å². The van der Waals surface area contributed by atoms with E-state index in [1.54, 1.807) is 24.3 Å². The number of rotatable bonds is 5. The van der Waals surface area contributed by atoms with Gasteiger partial charge in [-0.2, -0.15) is 5.26 Å². The van der Waals surface area contributed by atoms with Crippen LogP contribution in [0.1, 0.15) is 5.56 Å². The molecule has 0 bridgehead atoms. The molecule has 134 valence electrons. The van der Waals surface area contributed by atoms with Gasteiger partial charge >= 0.3 is 0 Å². The van der Waals surface area contributed by atoms with Gasteiger partial charge in [0.05, 0.1) is 23.6 Å². The summed E-state index contributed by atoms with van der Waals surface area (Å²) in [4.78, 5) is 12.3. The molecule has 3 rings (SSSR count). The first kappa shape index (κ1) is 17.6. The Morgan fingerprint density at radius 2 is 2.00 bits per heavy atom. The van der Waals surface area contributed by atoms with Gasteiger partial charge in [-0.3, -0.25) is 9.10 Å². The van der Waals surface area contributed by atoms with Crippen LogP contribution in [0.3, 0.4) is 0 Å². The van der Waals surface area contributed by atoms with Gasteiger partial charge in [-0.1, -0.05) is 6.07 Å². The second kappa shape index (κ2) is 6.93. The van der Waals surface area contributed by atoms with E-state index in [0.717, 1.165) is 10.6 Å². The first-order valence-electron chi connectivity index (χ1n) is 7.54. The molecule has 1 aliphatic heterocycles. The molecule has 0 unspecified atom stereocenters. The molecule has 0 aliphatic carbocycles. The Morgan fingerprint density at radius 3 is 2.73 bits per heavy atom. The average molecular weight is 373 g/mol. The van der Waals surface area contributed by atoms with Crippen LogP contribution in [-0.4, -0.2) is 33.9 Å². The lowest BCUT2D eigenvalue weighted by Gasteiger charge is -2.22. The molecular weight excluding hydrogens is 358 g/mol. The summed E-state index contributed by atoms with van der Waals surface area (Å²) < 4.78 is 35.7. The summed E-state index contributed by atoms with van der Waals surface area (Å²) in [5.74, 6) is 0.390. The molecule has 1 heterocycles. The third-order valence-electron chi connectivity index (χ3n) is 3.61. The van der Waals surface area contributed by atoms with Gasteiger partial charge in [0.25, 0.3) is 0 Å². The molecule has 0 saturated carbocycles. The largest absolute Gasteiger partial charge is 0.454 e. The molecule has 9 heteroatoms. The average Bonchev–Trinajstić information content (AvgIpc) is 3.06. The smallest absolute Gasteiger partial charge is 0.245 e. The number of hydrogen-bond acceptors (Lipinski definition) is 6. The number of amides is 1. The van der Waals surface area contributed by atoms with E-state index < -0.39 is 22.5 Å². The Kier molecular flexibility index (Phi) is 4.69. The Bertz CT molecular complexity index is 998. The third kappa shape index (κ3) is 3.87. The van der Waals surface area contributed by atoms with Crippen LogP contribution in [0, 0.1) is 11.3 Å². The summed E-state index contributed by atoms with van der Waals surface area (Å²) in [7, 11) is -3.71. The summed E-state index contributed by atoms with van der Waals surface area (Å²) in [5, 5.41) is 11.5. The molecule has 2 aromatic rings. The van der Waals surface area contributed by atoms with Crippen molar-refractivity contribution in [3.05, 3.63) is 48.0 Å². The van der Waals surface area contributed by atoms with Crippen LogP contribution in [0.4, 0.5) is 11.4 Å². The van der Waals surface area contributed by atoms with E-state index in [0.29, 0.717) is 22.7 Å². The Balaban J connectivity index is 1.81. The first-order chi connectivity index (χ1) is 12.4. The maximum Gasteiger partial charge on any atom is 0.245 e. The number of anilines is 2. The molecular formula is C17H15N3O5S. The third-order valence-corrected chi connectivity index (χ3v) is 4.75. The van der Waals surface area contributed by atoms with Crippen molar-refractivity contribution >= 4 is 27.3 Å². The number of hydrogen-bond donors (Lipinski definition) is 1. The minimum atomic E-state index is -3.71. The number of nitrogens with one attached hydrogen (secondary N) is 1. The molecule has 2 aromatic carbocycles. The minimum Gasteiger partial charge on any atom is -0.454 e. The second-order valence-electron chi connectivity index (χ2n) is 5.55. The fourth-order valence-electron chi connectivity index (χ4n) is 2.44. The summed E-state index contributed by atoms with van der Waals surface area (Å²) in [5.41, 5.74) is 1.09. The predicted molar refractivity (Wildman–Crippen MR) is 94.5 cm³/mol. The quantitative estimate of drug-likeness (QED) is 0.854.